The van der Waals surface area contributed by atoms with Gasteiger partial charge in [-0.3, -0.25) is 4.79 Å². The third-order valence-corrected chi connectivity index (χ3v) is 4.98. The minimum absolute atomic E-state index is 0. The van der Waals surface area contributed by atoms with Crippen LogP contribution in [0.1, 0.15) is 35.6 Å². The Bertz CT molecular complexity index is 749. The highest BCUT2D eigenvalue weighted by atomic mass is 35.5. The highest BCUT2D eigenvalue weighted by Crippen LogP contribution is 2.25. The number of rotatable bonds is 7. The molecule has 1 fully saturated rings. The van der Waals surface area contributed by atoms with Crippen molar-refractivity contribution in [2.75, 3.05) is 13.2 Å². The number of carbonyl (C=O) groups excluding carboxylic acids is 1. The minimum Gasteiger partial charge on any atom is -0.491 e. The SMILES string of the molecule is Cc1cccc(C)c1OCC(NC(=O)[C@@H]1CC[C@H](CN)O1)c1ccccc1.Cl. The Labute approximate surface area is 173 Å². The van der Waals surface area contributed by atoms with Crippen LogP contribution < -0.4 is 15.8 Å². The summed E-state index contributed by atoms with van der Waals surface area (Å²) in [5.74, 6) is 0.762. The van der Waals surface area contributed by atoms with Crippen molar-refractivity contribution < 1.29 is 14.3 Å². The van der Waals surface area contributed by atoms with Gasteiger partial charge in [-0.05, 0) is 43.4 Å². The van der Waals surface area contributed by atoms with Crippen LogP contribution in [0.15, 0.2) is 48.5 Å². The molecular formula is C22H29ClN2O3. The standard InChI is InChI=1S/C22H28N2O3.ClH/c1-15-7-6-8-16(2)21(15)26-14-19(17-9-4-3-5-10-17)24-22(25)20-12-11-18(13-23)27-20;/h3-10,18-20H,11-14,23H2,1-2H3,(H,24,25);1H/t18-,19?,20+;/m1./s1. The molecule has 1 aliphatic rings. The van der Waals surface area contributed by atoms with Gasteiger partial charge in [0.15, 0.2) is 0 Å². The van der Waals surface area contributed by atoms with Crippen molar-refractivity contribution in [1.29, 1.82) is 0 Å². The Morgan fingerprint density at radius 2 is 1.82 bits per heavy atom. The lowest BCUT2D eigenvalue weighted by Gasteiger charge is -2.23. The number of ether oxygens (including phenoxy) is 2. The first-order valence-electron chi connectivity index (χ1n) is 9.48. The van der Waals surface area contributed by atoms with Gasteiger partial charge in [0, 0.05) is 6.54 Å². The van der Waals surface area contributed by atoms with E-state index in [1.807, 2.05) is 62.4 Å². The summed E-state index contributed by atoms with van der Waals surface area (Å²) in [6.07, 6.45) is 1.06. The Morgan fingerprint density at radius 3 is 2.43 bits per heavy atom. The van der Waals surface area contributed by atoms with Crippen LogP contribution in [0.3, 0.4) is 0 Å². The van der Waals surface area contributed by atoms with E-state index < -0.39 is 6.10 Å². The molecule has 3 N–H and O–H groups in total. The predicted molar refractivity (Wildman–Crippen MR) is 113 cm³/mol. The summed E-state index contributed by atoms with van der Waals surface area (Å²) in [4.78, 5) is 12.7. The Morgan fingerprint density at radius 1 is 1.14 bits per heavy atom. The second-order valence-corrected chi connectivity index (χ2v) is 7.06. The molecule has 1 aliphatic heterocycles. The van der Waals surface area contributed by atoms with E-state index in [0.29, 0.717) is 19.6 Å². The molecule has 0 saturated carbocycles. The van der Waals surface area contributed by atoms with Gasteiger partial charge in [-0.1, -0.05) is 48.5 Å². The number of nitrogens with one attached hydrogen (secondary N) is 1. The van der Waals surface area contributed by atoms with E-state index in [1.54, 1.807) is 0 Å². The molecule has 28 heavy (non-hydrogen) atoms. The van der Waals surface area contributed by atoms with E-state index in [0.717, 1.165) is 28.9 Å². The number of aryl methyl sites for hydroxylation is 2. The van der Waals surface area contributed by atoms with E-state index in [1.165, 1.54) is 0 Å². The molecule has 2 aromatic rings. The Kier molecular flexibility index (Phi) is 8.30. The third-order valence-electron chi connectivity index (χ3n) is 4.98. The van der Waals surface area contributed by atoms with Crippen molar-refractivity contribution in [3.8, 4) is 5.75 Å². The maximum absolute atomic E-state index is 12.7. The van der Waals surface area contributed by atoms with Gasteiger partial charge >= 0.3 is 0 Å². The van der Waals surface area contributed by atoms with E-state index in [9.17, 15) is 4.79 Å². The largest absolute Gasteiger partial charge is 0.491 e. The minimum atomic E-state index is -0.440. The normalized spacial score (nSPS) is 19.5. The van der Waals surface area contributed by atoms with Crippen molar-refractivity contribution in [3.05, 3.63) is 65.2 Å². The number of carbonyl (C=O) groups is 1. The number of benzene rings is 2. The molecule has 1 amide bonds. The second-order valence-electron chi connectivity index (χ2n) is 7.06. The fourth-order valence-electron chi connectivity index (χ4n) is 3.44. The Hall–Kier alpha value is -2.08. The Balaban J connectivity index is 0.00000280. The van der Waals surface area contributed by atoms with Gasteiger partial charge < -0.3 is 20.5 Å². The molecule has 6 heteroatoms. The van der Waals surface area contributed by atoms with Crippen LogP contribution in [0.25, 0.3) is 0 Å². The molecule has 3 rings (SSSR count). The summed E-state index contributed by atoms with van der Waals surface area (Å²) >= 11 is 0. The monoisotopic (exact) mass is 404 g/mol. The number of nitrogens with two attached hydrogens (primary N) is 1. The predicted octanol–water partition coefficient (Wildman–Crippen LogP) is 3.47. The number of amides is 1. The first kappa shape index (κ1) is 22.2. The lowest BCUT2D eigenvalue weighted by Crippen LogP contribution is -2.39. The van der Waals surface area contributed by atoms with Crippen LogP contribution >= 0.6 is 12.4 Å². The van der Waals surface area contributed by atoms with Crippen LogP contribution in [0.5, 0.6) is 5.75 Å². The second kappa shape index (κ2) is 10.5. The molecule has 1 heterocycles. The van der Waals surface area contributed by atoms with Gasteiger partial charge in [0.1, 0.15) is 18.5 Å². The van der Waals surface area contributed by atoms with Crippen LogP contribution in [-0.2, 0) is 9.53 Å². The van der Waals surface area contributed by atoms with Crippen molar-refractivity contribution in [3.63, 3.8) is 0 Å². The zero-order chi connectivity index (χ0) is 19.2. The van der Waals surface area contributed by atoms with Crippen LogP contribution in [-0.4, -0.2) is 31.3 Å². The van der Waals surface area contributed by atoms with Gasteiger partial charge in [0.05, 0.1) is 12.1 Å². The first-order chi connectivity index (χ1) is 13.1. The quantitative estimate of drug-likeness (QED) is 0.741. The van der Waals surface area contributed by atoms with Crippen molar-refractivity contribution in [2.45, 2.75) is 44.9 Å². The zero-order valence-corrected chi connectivity index (χ0v) is 17.2. The molecular weight excluding hydrogens is 376 g/mol. The van der Waals surface area contributed by atoms with Crippen LogP contribution in [0.4, 0.5) is 0 Å². The molecule has 2 aromatic carbocycles. The maximum atomic E-state index is 12.7. The molecule has 152 valence electrons. The van der Waals surface area contributed by atoms with Gasteiger partial charge in [0.2, 0.25) is 5.91 Å². The third kappa shape index (κ3) is 5.47. The molecule has 0 bridgehead atoms. The van der Waals surface area contributed by atoms with Gasteiger partial charge in [-0.15, -0.1) is 12.4 Å². The highest BCUT2D eigenvalue weighted by molar-refractivity contribution is 5.85. The fraction of sp³-hybridized carbons (Fsp3) is 0.409. The van der Waals surface area contributed by atoms with Crippen LogP contribution in [0, 0.1) is 13.8 Å². The fourth-order valence-corrected chi connectivity index (χ4v) is 3.44. The molecule has 0 spiro atoms. The summed E-state index contributed by atoms with van der Waals surface area (Å²) in [6.45, 7) is 4.85. The summed E-state index contributed by atoms with van der Waals surface area (Å²) in [5, 5.41) is 3.10. The molecule has 0 radical (unpaired) electrons. The number of para-hydroxylation sites is 1. The molecule has 0 aromatic heterocycles. The zero-order valence-electron chi connectivity index (χ0n) is 16.4. The molecule has 5 nitrogen and oxygen atoms in total. The van der Waals surface area contributed by atoms with E-state index in [2.05, 4.69) is 5.32 Å². The van der Waals surface area contributed by atoms with Crippen molar-refractivity contribution >= 4 is 18.3 Å². The van der Waals surface area contributed by atoms with Gasteiger partial charge in [-0.25, -0.2) is 0 Å². The maximum Gasteiger partial charge on any atom is 0.249 e. The lowest BCUT2D eigenvalue weighted by atomic mass is 10.1. The number of halogens is 1. The molecule has 3 atom stereocenters. The molecule has 1 saturated heterocycles. The summed E-state index contributed by atoms with van der Waals surface area (Å²) in [5.41, 5.74) is 8.82. The van der Waals surface area contributed by atoms with E-state index in [-0.39, 0.29) is 30.5 Å². The molecule has 1 unspecified atom stereocenters. The lowest BCUT2D eigenvalue weighted by molar-refractivity contribution is -0.132. The van der Waals surface area contributed by atoms with Crippen molar-refractivity contribution in [1.82, 2.24) is 5.32 Å². The average Bonchev–Trinajstić information content (AvgIpc) is 3.16. The number of hydrogen-bond acceptors (Lipinski definition) is 4. The van der Waals surface area contributed by atoms with Gasteiger partial charge in [-0.2, -0.15) is 0 Å². The molecule has 0 aliphatic carbocycles. The first-order valence-corrected chi connectivity index (χ1v) is 9.48. The van der Waals surface area contributed by atoms with E-state index in [4.69, 9.17) is 15.2 Å². The smallest absolute Gasteiger partial charge is 0.249 e. The van der Waals surface area contributed by atoms with Gasteiger partial charge in [0.25, 0.3) is 0 Å². The highest BCUT2D eigenvalue weighted by Gasteiger charge is 2.31. The van der Waals surface area contributed by atoms with E-state index >= 15 is 0 Å². The number of hydrogen-bond donors (Lipinski definition) is 2. The summed E-state index contributed by atoms with van der Waals surface area (Å²) in [7, 11) is 0. The van der Waals surface area contributed by atoms with Crippen molar-refractivity contribution in [2.24, 2.45) is 5.73 Å². The summed E-state index contributed by atoms with van der Waals surface area (Å²) in [6, 6.07) is 15.7. The average molecular weight is 405 g/mol. The topological polar surface area (TPSA) is 73.6 Å². The van der Waals surface area contributed by atoms with Crippen LogP contribution in [0.2, 0.25) is 0 Å². The summed E-state index contributed by atoms with van der Waals surface area (Å²) < 4.78 is 11.8.